The summed E-state index contributed by atoms with van der Waals surface area (Å²) in [7, 11) is -3.94. The van der Waals surface area contributed by atoms with Crippen LogP contribution >= 0.6 is 0 Å². The SMILES string of the molecule is N#Cc1ccc(Oc2ncccc2NS(=O)(=O)c2cccc3cccnc23)cc1. The van der Waals surface area contributed by atoms with Gasteiger partial charge in [0.05, 0.1) is 17.1 Å². The zero-order valence-corrected chi connectivity index (χ0v) is 15.8. The van der Waals surface area contributed by atoms with Crippen molar-refractivity contribution < 1.29 is 13.2 Å². The predicted octanol–water partition coefficient (Wildman–Crippen LogP) is 4.09. The van der Waals surface area contributed by atoms with E-state index in [0.717, 1.165) is 5.39 Å². The number of rotatable bonds is 5. The molecule has 0 atom stereocenters. The summed E-state index contributed by atoms with van der Waals surface area (Å²) in [6.45, 7) is 0. The molecule has 8 heteroatoms. The van der Waals surface area contributed by atoms with Gasteiger partial charge in [0.25, 0.3) is 10.0 Å². The van der Waals surface area contributed by atoms with Crippen molar-refractivity contribution in [2.45, 2.75) is 4.90 Å². The Morgan fingerprint density at radius 1 is 0.897 bits per heavy atom. The average Bonchev–Trinajstić information content (AvgIpc) is 2.75. The van der Waals surface area contributed by atoms with E-state index < -0.39 is 10.0 Å². The molecule has 0 radical (unpaired) electrons. The first-order chi connectivity index (χ1) is 14.1. The van der Waals surface area contributed by atoms with E-state index in [-0.39, 0.29) is 16.5 Å². The minimum atomic E-state index is -3.94. The third-order valence-electron chi connectivity index (χ3n) is 4.10. The third-order valence-corrected chi connectivity index (χ3v) is 5.50. The molecule has 0 amide bonds. The second kappa shape index (κ2) is 7.58. The molecule has 0 bridgehead atoms. The zero-order chi connectivity index (χ0) is 20.3. The summed E-state index contributed by atoms with van der Waals surface area (Å²) in [4.78, 5) is 8.39. The Morgan fingerprint density at radius 3 is 2.41 bits per heavy atom. The molecule has 4 aromatic rings. The number of nitriles is 1. The van der Waals surface area contributed by atoms with E-state index in [2.05, 4.69) is 14.7 Å². The smallest absolute Gasteiger partial charge is 0.264 e. The van der Waals surface area contributed by atoms with Gasteiger partial charge in [0.15, 0.2) is 0 Å². The van der Waals surface area contributed by atoms with E-state index in [9.17, 15) is 8.42 Å². The topological polar surface area (TPSA) is 105 Å². The Hall–Kier alpha value is -3.96. The van der Waals surface area contributed by atoms with Crippen molar-refractivity contribution in [3.63, 3.8) is 0 Å². The fraction of sp³-hybridized carbons (Fsp3) is 0. The first-order valence-corrected chi connectivity index (χ1v) is 10.0. The number of ether oxygens (including phenoxy) is 1. The molecule has 0 aliphatic heterocycles. The van der Waals surface area contributed by atoms with E-state index in [1.54, 1.807) is 66.9 Å². The molecule has 142 valence electrons. The van der Waals surface area contributed by atoms with Crippen molar-refractivity contribution in [1.82, 2.24) is 9.97 Å². The molecule has 4 rings (SSSR count). The Morgan fingerprint density at radius 2 is 1.62 bits per heavy atom. The van der Waals surface area contributed by atoms with Gasteiger partial charge >= 0.3 is 0 Å². The summed E-state index contributed by atoms with van der Waals surface area (Å²) in [5.41, 5.74) is 1.05. The van der Waals surface area contributed by atoms with Crippen LogP contribution in [0.2, 0.25) is 0 Å². The van der Waals surface area contributed by atoms with Crippen LogP contribution in [0, 0.1) is 11.3 Å². The molecule has 29 heavy (non-hydrogen) atoms. The average molecular weight is 402 g/mol. The van der Waals surface area contributed by atoms with Gasteiger partial charge in [0.1, 0.15) is 16.3 Å². The molecule has 0 spiro atoms. The summed E-state index contributed by atoms with van der Waals surface area (Å²) in [6, 6.07) is 20.1. The maximum absolute atomic E-state index is 13.0. The van der Waals surface area contributed by atoms with Gasteiger partial charge in [0.2, 0.25) is 5.88 Å². The molecule has 0 aliphatic rings. The highest BCUT2D eigenvalue weighted by atomic mass is 32.2. The summed E-state index contributed by atoms with van der Waals surface area (Å²) < 4.78 is 34.3. The summed E-state index contributed by atoms with van der Waals surface area (Å²) in [6.07, 6.45) is 3.04. The predicted molar refractivity (Wildman–Crippen MR) is 108 cm³/mol. The molecule has 0 unspecified atom stereocenters. The van der Waals surface area contributed by atoms with Gasteiger partial charge in [-0.15, -0.1) is 0 Å². The maximum atomic E-state index is 13.0. The minimum Gasteiger partial charge on any atom is -0.437 e. The molecule has 2 aromatic heterocycles. The molecule has 1 N–H and O–H groups in total. The number of nitrogens with one attached hydrogen (secondary N) is 1. The van der Waals surface area contributed by atoms with Gasteiger partial charge in [-0.2, -0.15) is 5.26 Å². The van der Waals surface area contributed by atoms with Crippen molar-refractivity contribution in [1.29, 1.82) is 5.26 Å². The van der Waals surface area contributed by atoms with Crippen LogP contribution in [0.15, 0.2) is 84.0 Å². The van der Waals surface area contributed by atoms with Crippen LogP contribution in [0.5, 0.6) is 11.6 Å². The Labute approximate surface area is 167 Å². The monoisotopic (exact) mass is 402 g/mol. The highest BCUT2D eigenvalue weighted by Gasteiger charge is 2.20. The third kappa shape index (κ3) is 3.85. The lowest BCUT2D eigenvalue weighted by Crippen LogP contribution is -2.14. The summed E-state index contributed by atoms with van der Waals surface area (Å²) in [5.74, 6) is 0.518. The Balaban J connectivity index is 1.68. The molecule has 2 aromatic carbocycles. The van der Waals surface area contributed by atoms with Gasteiger partial charge < -0.3 is 4.74 Å². The Bertz CT molecular complexity index is 1320. The first-order valence-electron chi connectivity index (χ1n) is 8.56. The van der Waals surface area contributed by atoms with Crippen molar-refractivity contribution in [3.8, 4) is 17.7 Å². The number of fused-ring (bicyclic) bond motifs is 1. The zero-order valence-electron chi connectivity index (χ0n) is 15.0. The van der Waals surface area contributed by atoms with Crippen LogP contribution < -0.4 is 9.46 Å². The van der Waals surface area contributed by atoms with E-state index in [0.29, 0.717) is 16.8 Å². The number of sulfonamides is 1. The number of pyridine rings is 2. The lowest BCUT2D eigenvalue weighted by Gasteiger charge is -2.13. The Kier molecular flexibility index (Phi) is 4.81. The number of hydrogen-bond donors (Lipinski definition) is 1. The molecule has 2 heterocycles. The normalized spacial score (nSPS) is 11.0. The molecular formula is C21H14N4O3S. The largest absolute Gasteiger partial charge is 0.437 e. The number of hydrogen-bond acceptors (Lipinski definition) is 6. The second-order valence-electron chi connectivity index (χ2n) is 6.03. The van der Waals surface area contributed by atoms with Crippen LogP contribution in [0.3, 0.4) is 0 Å². The molecule has 0 saturated carbocycles. The number of para-hydroxylation sites is 1. The van der Waals surface area contributed by atoms with Crippen LogP contribution in [0.4, 0.5) is 5.69 Å². The minimum absolute atomic E-state index is 0.0591. The number of benzene rings is 2. The van der Waals surface area contributed by atoms with E-state index in [4.69, 9.17) is 10.00 Å². The fourth-order valence-corrected chi connectivity index (χ4v) is 3.99. The van der Waals surface area contributed by atoms with Gasteiger partial charge in [0, 0.05) is 17.8 Å². The highest BCUT2D eigenvalue weighted by molar-refractivity contribution is 7.93. The van der Waals surface area contributed by atoms with E-state index in [1.165, 1.54) is 12.3 Å². The quantitative estimate of drug-likeness (QED) is 0.539. The molecule has 0 saturated heterocycles. The van der Waals surface area contributed by atoms with Crippen LogP contribution in [0.1, 0.15) is 5.56 Å². The van der Waals surface area contributed by atoms with Crippen molar-refractivity contribution in [3.05, 3.63) is 84.7 Å². The molecule has 0 fully saturated rings. The van der Waals surface area contributed by atoms with E-state index >= 15 is 0 Å². The van der Waals surface area contributed by atoms with Crippen molar-refractivity contribution in [2.24, 2.45) is 0 Å². The maximum Gasteiger partial charge on any atom is 0.264 e. The highest BCUT2D eigenvalue weighted by Crippen LogP contribution is 2.30. The lowest BCUT2D eigenvalue weighted by atomic mass is 10.2. The van der Waals surface area contributed by atoms with Gasteiger partial charge in [-0.25, -0.2) is 13.4 Å². The standard InChI is InChI=1S/C21H14N4O3S/c22-14-15-8-10-17(11-9-15)28-21-18(6-3-13-24-21)25-29(26,27)19-7-1-4-16-5-2-12-23-20(16)19/h1-13,25H. The molecule has 7 nitrogen and oxygen atoms in total. The van der Waals surface area contributed by atoms with Gasteiger partial charge in [-0.3, -0.25) is 9.71 Å². The summed E-state index contributed by atoms with van der Waals surface area (Å²) >= 11 is 0. The van der Waals surface area contributed by atoms with Gasteiger partial charge in [-0.1, -0.05) is 18.2 Å². The van der Waals surface area contributed by atoms with Crippen LogP contribution in [-0.2, 0) is 10.0 Å². The summed E-state index contributed by atoms with van der Waals surface area (Å²) in [5, 5.41) is 9.61. The molecular weight excluding hydrogens is 388 g/mol. The van der Waals surface area contributed by atoms with Gasteiger partial charge in [-0.05, 0) is 48.5 Å². The van der Waals surface area contributed by atoms with Crippen molar-refractivity contribution >= 4 is 26.6 Å². The van der Waals surface area contributed by atoms with E-state index in [1.807, 2.05) is 6.07 Å². The first kappa shape index (κ1) is 18.4. The molecule has 0 aliphatic carbocycles. The second-order valence-corrected chi connectivity index (χ2v) is 7.68. The number of aromatic nitrogens is 2. The van der Waals surface area contributed by atoms with Crippen LogP contribution in [0.25, 0.3) is 10.9 Å². The number of nitrogens with zero attached hydrogens (tertiary/aromatic N) is 3. The lowest BCUT2D eigenvalue weighted by molar-refractivity contribution is 0.465. The fourth-order valence-electron chi connectivity index (χ4n) is 2.75. The number of anilines is 1. The van der Waals surface area contributed by atoms with Crippen LogP contribution in [-0.4, -0.2) is 18.4 Å². The van der Waals surface area contributed by atoms with Crippen molar-refractivity contribution in [2.75, 3.05) is 4.72 Å².